The molecule has 22 heavy (non-hydrogen) atoms. The molecule has 112 valence electrons. The second-order valence-electron chi connectivity index (χ2n) is 5.92. The molecule has 2 aromatic carbocycles. The molecule has 1 saturated heterocycles. The standard InChI is InChI=1S/C19H20N2O/c1-14(15-8-3-2-4-9-15)21-17-11-6-5-10-16(17)20-19(21)18-12-7-13-22-18/h2-6,8-11,14,18H,7,12-13H2,1H3. The molecule has 0 spiro atoms. The molecule has 1 fully saturated rings. The highest BCUT2D eigenvalue weighted by molar-refractivity contribution is 5.76. The summed E-state index contributed by atoms with van der Waals surface area (Å²) in [6, 6.07) is 19.2. The summed E-state index contributed by atoms with van der Waals surface area (Å²) in [5.74, 6) is 1.06. The number of aromatic nitrogens is 2. The van der Waals surface area contributed by atoms with Crippen LogP contribution in [-0.4, -0.2) is 16.2 Å². The van der Waals surface area contributed by atoms with Gasteiger partial charge >= 0.3 is 0 Å². The van der Waals surface area contributed by atoms with E-state index in [2.05, 4.69) is 60.0 Å². The van der Waals surface area contributed by atoms with Gasteiger partial charge in [0.05, 0.1) is 17.1 Å². The van der Waals surface area contributed by atoms with Gasteiger partial charge in [0.25, 0.3) is 0 Å². The Morgan fingerprint density at radius 2 is 1.86 bits per heavy atom. The van der Waals surface area contributed by atoms with E-state index < -0.39 is 0 Å². The van der Waals surface area contributed by atoms with Gasteiger partial charge in [-0.3, -0.25) is 0 Å². The Morgan fingerprint density at radius 3 is 2.64 bits per heavy atom. The fourth-order valence-corrected chi connectivity index (χ4v) is 3.36. The quantitative estimate of drug-likeness (QED) is 0.711. The third-order valence-electron chi connectivity index (χ3n) is 4.51. The molecule has 3 aromatic rings. The Morgan fingerprint density at radius 1 is 1.09 bits per heavy atom. The molecule has 0 saturated carbocycles. The van der Waals surface area contributed by atoms with Crippen molar-refractivity contribution >= 4 is 11.0 Å². The van der Waals surface area contributed by atoms with Crippen LogP contribution in [0.3, 0.4) is 0 Å². The highest BCUT2D eigenvalue weighted by atomic mass is 16.5. The van der Waals surface area contributed by atoms with Gasteiger partial charge in [-0.05, 0) is 37.5 Å². The number of hydrogen-bond donors (Lipinski definition) is 0. The smallest absolute Gasteiger partial charge is 0.139 e. The molecule has 0 amide bonds. The predicted molar refractivity (Wildman–Crippen MR) is 87.9 cm³/mol. The average molecular weight is 292 g/mol. The zero-order valence-electron chi connectivity index (χ0n) is 12.8. The van der Waals surface area contributed by atoms with Crippen molar-refractivity contribution in [1.82, 2.24) is 9.55 Å². The Bertz CT molecular complexity index is 772. The topological polar surface area (TPSA) is 27.1 Å². The van der Waals surface area contributed by atoms with Crippen molar-refractivity contribution in [2.75, 3.05) is 6.61 Å². The largest absolute Gasteiger partial charge is 0.370 e. The second kappa shape index (κ2) is 5.58. The minimum absolute atomic E-state index is 0.124. The minimum Gasteiger partial charge on any atom is -0.370 e. The third kappa shape index (κ3) is 2.22. The lowest BCUT2D eigenvalue weighted by molar-refractivity contribution is 0.102. The van der Waals surface area contributed by atoms with E-state index >= 15 is 0 Å². The van der Waals surface area contributed by atoms with E-state index in [4.69, 9.17) is 9.72 Å². The van der Waals surface area contributed by atoms with E-state index in [1.807, 2.05) is 6.07 Å². The average Bonchev–Trinajstić information content (AvgIpc) is 3.22. The first-order valence-electron chi connectivity index (χ1n) is 7.98. The van der Waals surface area contributed by atoms with Crippen molar-refractivity contribution in [3.63, 3.8) is 0 Å². The van der Waals surface area contributed by atoms with Crippen molar-refractivity contribution in [2.45, 2.75) is 31.9 Å². The summed E-state index contributed by atoms with van der Waals surface area (Å²) in [5, 5.41) is 0. The zero-order chi connectivity index (χ0) is 14.9. The van der Waals surface area contributed by atoms with Gasteiger partial charge < -0.3 is 9.30 Å². The minimum atomic E-state index is 0.124. The highest BCUT2D eigenvalue weighted by Gasteiger charge is 2.26. The van der Waals surface area contributed by atoms with Gasteiger partial charge in [0, 0.05) is 6.61 Å². The number of nitrogens with zero attached hydrogens (tertiary/aromatic N) is 2. The summed E-state index contributed by atoms with van der Waals surface area (Å²) in [6.45, 7) is 3.08. The van der Waals surface area contributed by atoms with Crippen LogP contribution in [-0.2, 0) is 4.74 Å². The normalized spacial score (nSPS) is 19.6. The molecular weight excluding hydrogens is 272 g/mol. The van der Waals surface area contributed by atoms with Crippen molar-refractivity contribution in [1.29, 1.82) is 0 Å². The van der Waals surface area contributed by atoms with Crippen LogP contribution in [0.5, 0.6) is 0 Å². The molecular formula is C19H20N2O. The summed E-state index contributed by atoms with van der Waals surface area (Å²) < 4.78 is 8.26. The van der Waals surface area contributed by atoms with Gasteiger partial charge in [-0.25, -0.2) is 4.98 Å². The van der Waals surface area contributed by atoms with E-state index in [1.54, 1.807) is 0 Å². The van der Waals surface area contributed by atoms with Crippen LogP contribution in [0, 0.1) is 0 Å². The molecule has 2 heterocycles. The van der Waals surface area contributed by atoms with Crippen LogP contribution in [0.2, 0.25) is 0 Å². The first-order valence-corrected chi connectivity index (χ1v) is 7.98. The summed E-state index contributed by atoms with van der Waals surface area (Å²) in [6.07, 6.45) is 2.30. The molecule has 4 rings (SSSR count). The number of ether oxygens (including phenoxy) is 1. The first kappa shape index (κ1) is 13.5. The number of fused-ring (bicyclic) bond motifs is 1. The van der Waals surface area contributed by atoms with Crippen molar-refractivity contribution < 1.29 is 4.74 Å². The summed E-state index contributed by atoms with van der Waals surface area (Å²) in [4.78, 5) is 4.88. The molecule has 0 aliphatic carbocycles. The van der Waals surface area contributed by atoms with Gasteiger partial charge in [0.2, 0.25) is 0 Å². The van der Waals surface area contributed by atoms with E-state index in [0.717, 1.165) is 30.8 Å². The van der Waals surface area contributed by atoms with E-state index in [1.165, 1.54) is 11.1 Å². The molecule has 1 aliphatic rings. The Balaban J connectivity index is 1.88. The SMILES string of the molecule is CC(c1ccccc1)n1c(C2CCCO2)nc2ccccc21. The Hall–Kier alpha value is -2.13. The van der Waals surface area contributed by atoms with Gasteiger partial charge in [-0.1, -0.05) is 42.5 Å². The lowest BCUT2D eigenvalue weighted by Gasteiger charge is -2.20. The van der Waals surface area contributed by atoms with Crippen molar-refractivity contribution in [3.8, 4) is 0 Å². The summed E-state index contributed by atoms with van der Waals surface area (Å²) in [7, 11) is 0. The van der Waals surface area contributed by atoms with Gasteiger partial charge in [0.1, 0.15) is 11.9 Å². The molecule has 2 atom stereocenters. The lowest BCUT2D eigenvalue weighted by atomic mass is 10.1. The van der Waals surface area contributed by atoms with Crippen LogP contribution in [0.15, 0.2) is 54.6 Å². The van der Waals surface area contributed by atoms with Crippen LogP contribution in [0.1, 0.15) is 43.3 Å². The fraction of sp³-hybridized carbons (Fsp3) is 0.316. The van der Waals surface area contributed by atoms with Crippen LogP contribution < -0.4 is 0 Å². The summed E-state index contributed by atoms with van der Waals surface area (Å²) in [5.41, 5.74) is 3.53. The van der Waals surface area contributed by atoms with Crippen LogP contribution in [0.25, 0.3) is 11.0 Å². The monoisotopic (exact) mass is 292 g/mol. The molecule has 0 bridgehead atoms. The van der Waals surface area contributed by atoms with Crippen molar-refractivity contribution in [3.05, 3.63) is 66.0 Å². The summed E-state index contributed by atoms with van der Waals surface area (Å²) >= 11 is 0. The van der Waals surface area contributed by atoms with E-state index in [0.29, 0.717) is 0 Å². The van der Waals surface area contributed by atoms with Crippen LogP contribution in [0.4, 0.5) is 0 Å². The van der Waals surface area contributed by atoms with Gasteiger partial charge in [-0.15, -0.1) is 0 Å². The Labute approximate surface area is 130 Å². The third-order valence-corrected chi connectivity index (χ3v) is 4.51. The Kier molecular flexibility index (Phi) is 3.43. The second-order valence-corrected chi connectivity index (χ2v) is 5.92. The molecule has 0 radical (unpaired) electrons. The maximum atomic E-state index is 5.91. The molecule has 3 nitrogen and oxygen atoms in total. The van der Waals surface area contributed by atoms with E-state index in [9.17, 15) is 0 Å². The number of imidazole rings is 1. The van der Waals surface area contributed by atoms with Gasteiger partial charge in [-0.2, -0.15) is 0 Å². The molecule has 2 unspecified atom stereocenters. The molecule has 3 heteroatoms. The molecule has 1 aliphatic heterocycles. The maximum Gasteiger partial charge on any atom is 0.139 e. The number of para-hydroxylation sites is 2. The molecule has 0 N–H and O–H groups in total. The maximum absolute atomic E-state index is 5.91. The first-order chi connectivity index (χ1) is 10.8. The number of hydrogen-bond acceptors (Lipinski definition) is 2. The van der Waals surface area contributed by atoms with Gasteiger partial charge in [0.15, 0.2) is 0 Å². The van der Waals surface area contributed by atoms with E-state index in [-0.39, 0.29) is 12.1 Å². The fourth-order valence-electron chi connectivity index (χ4n) is 3.36. The predicted octanol–water partition coefficient (Wildman–Crippen LogP) is 4.50. The zero-order valence-corrected chi connectivity index (χ0v) is 12.8. The van der Waals surface area contributed by atoms with Crippen LogP contribution >= 0.6 is 0 Å². The molecule has 1 aromatic heterocycles. The number of rotatable bonds is 3. The van der Waals surface area contributed by atoms with Crippen molar-refractivity contribution in [2.24, 2.45) is 0 Å². The number of benzene rings is 2. The lowest BCUT2D eigenvalue weighted by Crippen LogP contribution is -2.13. The highest BCUT2D eigenvalue weighted by Crippen LogP contribution is 2.34.